The predicted molar refractivity (Wildman–Crippen MR) is 61.6 cm³/mol. The van der Waals surface area contributed by atoms with E-state index in [1.165, 1.54) is 25.3 Å². The average Bonchev–Trinajstić information content (AvgIpc) is 2.37. The van der Waals surface area contributed by atoms with Gasteiger partial charge in [0.1, 0.15) is 11.5 Å². The van der Waals surface area contributed by atoms with Crippen LogP contribution in [0.5, 0.6) is 11.5 Å². The second-order valence-electron chi connectivity index (χ2n) is 3.55. The summed E-state index contributed by atoms with van der Waals surface area (Å²) in [4.78, 5) is 22.7. The topological polar surface area (TPSA) is 93.1 Å². The van der Waals surface area contributed by atoms with Gasteiger partial charge in [-0.15, -0.1) is 0 Å². The van der Waals surface area contributed by atoms with Crippen LogP contribution in [0.25, 0.3) is 0 Å². The van der Waals surface area contributed by atoms with E-state index in [-0.39, 0.29) is 11.3 Å². The van der Waals surface area contributed by atoms with Crippen LogP contribution in [0.15, 0.2) is 18.2 Å². The van der Waals surface area contributed by atoms with Gasteiger partial charge in [-0.05, 0) is 12.1 Å². The number of carbonyl (C=O) groups excluding carboxylic acids is 2. The van der Waals surface area contributed by atoms with Gasteiger partial charge in [-0.25, -0.2) is 4.79 Å². The minimum atomic E-state index is -1.54. The molecule has 0 saturated carbocycles. The number of hydrogen-bond acceptors (Lipinski definition) is 6. The molecule has 1 rings (SSSR count). The van der Waals surface area contributed by atoms with Crippen LogP contribution in [0, 0.1) is 0 Å². The third-order valence-corrected chi connectivity index (χ3v) is 2.36. The summed E-state index contributed by atoms with van der Waals surface area (Å²) in [5.41, 5.74) is 0.0127. The van der Waals surface area contributed by atoms with Gasteiger partial charge in [-0.3, -0.25) is 4.79 Å². The zero-order chi connectivity index (χ0) is 13.7. The van der Waals surface area contributed by atoms with Crippen LogP contribution in [0.3, 0.4) is 0 Å². The molecule has 0 radical (unpaired) electrons. The maximum Gasteiger partial charge on any atom is 0.335 e. The number of aromatic hydroxyl groups is 1. The number of rotatable bonds is 5. The highest BCUT2D eigenvalue weighted by Gasteiger charge is 2.22. The van der Waals surface area contributed by atoms with E-state index in [1.807, 2.05) is 0 Å². The Hall–Kier alpha value is -2.08. The number of Topliss-reactive ketones (excluding diaryl/α,β-unsaturated/α-hetero) is 1. The number of aliphatic hydroxyl groups excluding tert-OH is 1. The standard InChI is InChI=1S/C12H14O6/c1-17-7-3-4-8(9(13)5-7)10(14)6-11(15)12(16)18-2/h3-5,11,13,15H,6H2,1-2H3/t11-/m0/s1. The average molecular weight is 254 g/mol. The van der Waals surface area contributed by atoms with Crippen molar-refractivity contribution in [2.24, 2.45) is 0 Å². The van der Waals surface area contributed by atoms with Crippen LogP contribution in [0.4, 0.5) is 0 Å². The summed E-state index contributed by atoms with van der Waals surface area (Å²) in [5.74, 6) is -1.32. The van der Waals surface area contributed by atoms with E-state index in [9.17, 15) is 19.8 Å². The number of esters is 1. The van der Waals surface area contributed by atoms with Gasteiger partial charge in [0.2, 0.25) is 0 Å². The monoisotopic (exact) mass is 254 g/mol. The normalized spacial score (nSPS) is 11.7. The van der Waals surface area contributed by atoms with Gasteiger partial charge in [0.15, 0.2) is 11.9 Å². The highest BCUT2D eigenvalue weighted by molar-refractivity contribution is 6.00. The van der Waals surface area contributed by atoms with Crippen molar-refractivity contribution in [3.63, 3.8) is 0 Å². The molecule has 0 bridgehead atoms. The smallest absolute Gasteiger partial charge is 0.335 e. The summed E-state index contributed by atoms with van der Waals surface area (Å²) in [5, 5.41) is 18.9. The second kappa shape index (κ2) is 6.02. The summed E-state index contributed by atoms with van der Waals surface area (Å²) >= 11 is 0. The summed E-state index contributed by atoms with van der Waals surface area (Å²) < 4.78 is 9.16. The third kappa shape index (κ3) is 3.21. The Kier molecular flexibility index (Phi) is 4.67. The van der Waals surface area contributed by atoms with Gasteiger partial charge in [-0.1, -0.05) is 0 Å². The zero-order valence-corrected chi connectivity index (χ0v) is 10.0. The first-order chi connectivity index (χ1) is 8.49. The van der Waals surface area contributed by atoms with Gasteiger partial charge in [0, 0.05) is 12.5 Å². The Morgan fingerprint density at radius 1 is 1.33 bits per heavy atom. The molecule has 6 nitrogen and oxygen atoms in total. The number of ether oxygens (including phenoxy) is 2. The van der Waals surface area contributed by atoms with Crippen molar-refractivity contribution >= 4 is 11.8 Å². The molecule has 0 aliphatic rings. The first kappa shape index (κ1) is 14.0. The Morgan fingerprint density at radius 3 is 2.50 bits per heavy atom. The maximum atomic E-state index is 11.7. The Bertz CT molecular complexity index is 454. The van der Waals surface area contributed by atoms with E-state index in [4.69, 9.17) is 4.74 Å². The number of phenolic OH excluding ortho intramolecular Hbond substituents is 1. The first-order valence-corrected chi connectivity index (χ1v) is 5.15. The molecule has 2 N–H and O–H groups in total. The fourth-order valence-corrected chi connectivity index (χ4v) is 1.38. The van der Waals surface area contributed by atoms with Crippen molar-refractivity contribution < 1.29 is 29.3 Å². The molecule has 0 amide bonds. The quantitative estimate of drug-likeness (QED) is 0.587. The molecular weight excluding hydrogens is 240 g/mol. The lowest BCUT2D eigenvalue weighted by atomic mass is 10.0. The molecule has 0 saturated heterocycles. The van der Waals surface area contributed by atoms with Crippen LogP contribution >= 0.6 is 0 Å². The summed E-state index contributed by atoms with van der Waals surface area (Å²) in [7, 11) is 2.54. The van der Waals surface area contributed by atoms with Gasteiger partial charge >= 0.3 is 5.97 Å². The van der Waals surface area contributed by atoms with Gasteiger partial charge < -0.3 is 19.7 Å². The van der Waals surface area contributed by atoms with E-state index < -0.39 is 24.3 Å². The molecule has 98 valence electrons. The highest BCUT2D eigenvalue weighted by atomic mass is 16.5. The number of phenols is 1. The van der Waals surface area contributed by atoms with Gasteiger partial charge in [0.05, 0.1) is 19.8 Å². The lowest BCUT2D eigenvalue weighted by Crippen LogP contribution is -2.25. The lowest BCUT2D eigenvalue weighted by molar-refractivity contribution is -0.150. The molecule has 1 atom stereocenters. The fourth-order valence-electron chi connectivity index (χ4n) is 1.38. The first-order valence-electron chi connectivity index (χ1n) is 5.15. The minimum Gasteiger partial charge on any atom is -0.507 e. The van der Waals surface area contributed by atoms with Crippen LogP contribution in [0.2, 0.25) is 0 Å². The van der Waals surface area contributed by atoms with Crippen molar-refractivity contribution in [1.29, 1.82) is 0 Å². The van der Waals surface area contributed by atoms with Crippen LogP contribution in [-0.2, 0) is 9.53 Å². The van der Waals surface area contributed by atoms with E-state index in [1.54, 1.807) is 0 Å². The molecule has 0 fully saturated rings. The highest BCUT2D eigenvalue weighted by Crippen LogP contribution is 2.24. The largest absolute Gasteiger partial charge is 0.507 e. The van der Waals surface area contributed by atoms with E-state index in [0.717, 1.165) is 7.11 Å². The molecule has 0 aromatic heterocycles. The number of hydrogen-bond donors (Lipinski definition) is 2. The SMILES string of the molecule is COC(=O)[C@@H](O)CC(=O)c1ccc(OC)cc1O. The summed E-state index contributed by atoms with van der Waals surface area (Å²) in [6, 6.07) is 4.13. The molecule has 0 heterocycles. The van der Waals surface area contributed by atoms with Crippen LogP contribution in [-0.4, -0.2) is 42.3 Å². The second-order valence-corrected chi connectivity index (χ2v) is 3.55. The molecule has 0 aliphatic heterocycles. The molecule has 1 aromatic rings. The summed E-state index contributed by atoms with van der Waals surface area (Å²) in [6.07, 6.45) is -1.99. The Balaban J connectivity index is 2.82. The van der Waals surface area contributed by atoms with E-state index in [0.29, 0.717) is 5.75 Å². The molecule has 6 heteroatoms. The van der Waals surface area contributed by atoms with Gasteiger partial charge in [0.25, 0.3) is 0 Å². The van der Waals surface area contributed by atoms with Gasteiger partial charge in [-0.2, -0.15) is 0 Å². The minimum absolute atomic E-state index is 0.0127. The van der Waals surface area contributed by atoms with E-state index >= 15 is 0 Å². The number of methoxy groups -OCH3 is 2. The summed E-state index contributed by atoms with van der Waals surface area (Å²) in [6.45, 7) is 0. The van der Waals surface area contributed by atoms with Crippen molar-refractivity contribution in [2.75, 3.05) is 14.2 Å². The van der Waals surface area contributed by atoms with Crippen molar-refractivity contribution in [2.45, 2.75) is 12.5 Å². The number of aliphatic hydroxyl groups is 1. The maximum absolute atomic E-state index is 11.7. The number of carbonyl (C=O) groups is 2. The Labute approximate surface area is 104 Å². The Morgan fingerprint density at radius 2 is 2.00 bits per heavy atom. The third-order valence-electron chi connectivity index (χ3n) is 2.36. The van der Waals surface area contributed by atoms with Crippen molar-refractivity contribution in [1.82, 2.24) is 0 Å². The van der Waals surface area contributed by atoms with Crippen molar-refractivity contribution in [3.05, 3.63) is 23.8 Å². The number of benzene rings is 1. The molecular formula is C12H14O6. The molecule has 0 unspecified atom stereocenters. The van der Waals surface area contributed by atoms with Crippen LogP contribution in [0.1, 0.15) is 16.8 Å². The molecule has 0 spiro atoms. The zero-order valence-electron chi connectivity index (χ0n) is 10.0. The molecule has 18 heavy (non-hydrogen) atoms. The molecule has 0 aliphatic carbocycles. The van der Waals surface area contributed by atoms with Crippen molar-refractivity contribution in [3.8, 4) is 11.5 Å². The number of ketones is 1. The predicted octanol–water partition coefficient (Wildman–Crippen LogP) is 0.507. The lowest BCUT2D eigenvalue weighted by Gasteiger charge is -2.09. The fraction of sp³-hybridized carbons (Fsp3) is 0.333. The van der Waals surface area contributed by atoms with E-state index in [2.05, 4.69) is 4.74 Å². The van der Waals surface area contributed by atoms with Crippen LogP contribution < -0.4 is 4.74 Å². The molecule has 1 aromatic carbocycles.